The van der Waals surface area contributed by atoms with Gasteiger partial charge in [0.2, 0.25) is 0 Å². The SMILES string of the molecule is C1=CCCC(c2nc(-c3ccc4c(c3)oc3c(-c5ccccc5)cccc34)nc(-c3cccc4oc5ccc(-c6ccc7c(c6)-c6ccccc6CCC7c6ccc(-c7cccc8c7oc7ccccc78)cc6)cc5c34)n2)=C1. The third kappa shape index (κ3) is 7.28. The average molecular weight is 1000 g/mol. The lowest BCUT2D eigenvalue weighted by Crippen LogP contribution is -2.04. The largest absolute Gasteiger partial charge is 0.456 e. The van der Waals surface area contributed by atoms with Crippen LogP contribution in [0.25, 0.3) is 139 Å². The summed E-state index contributed by atoms with van der Waals surface area (Å²) in [7, 11) is 0. The van der Waals surface area contributed by atoms with E-state index in [0.717, 1.165) is 142 Å². The van der Waals surface area contributed by atoms with E-state index >= 15 is 0 Å². The molecule has 0 spiro atoms. The smallest absolute Gasteiger partial charge is 0.164 e. The standard InChI is InChI=1S/C72H47N3O3/c1-3-14-43(15-4-1)53-21-11-24-59-57-38-34-50(42-66(57)78-69(53)59)71-73-70(47-17-5-2-6-18-47)74-72(75-71)60-25-13-27-65-67(60)62-41-49(35-39-64(62)76-65)48-33-37-55-52(36-32-44-16-7-8-19-51(44)61(55)40-48)45-28-30-46(31-29-45)54-22-12-23-58-56-20-9-10-26-63(56)77-68(54)58/h1-5,7-17,19-31,33-35,37-42,52H,6,18,32,36H2. The van der Waals surface area contributed by atoms with Gasteiger partial charge in [-0.15, -0.1) is 0 Å². The highest BCUT2D eigenvalue weighted by Gasteiger charge is 2.26. The lowest BCUT2D eigenvalue weighted by Gasteiger charge is -2.20. The van der Waals surface area contributed by atoms with Gasteiger partial charge in [0, 0.05) is 60.5 Å². The lowest BCUT2D eigenvalue weighted by molar-refractivity contribution is 0.669. The van der Waals surface area contributed by atoms with Gasteiger partial charge >= 0.3 is 0 Å². The zero-order valence-corrected chi connectivity index (χ0v) is 42.4. The maximum Gasteiger partial charge on any atom is 0.164 e. The third-order valence-corrected chi connectivity index (χ3v) is 16.3. The molecule has 2 aliphatic carbocycles. The molecule has 0 N–H and O–H groups in total. The van der Waals surface area contributed by atoms with Crippen molar-refractivity contribution in [1.82, 2.24) is 15.0 Å². The van der Waals surface area contributed by atoms with Crippen LogP contribution in [0.3, 0.4) is 0 Å². The Balaban J connectivity index is 0.791. The molecule has 0 amide bonds. The van der Waals surface area contributed by atoms with Crippen LogP contribution in [0.2, 0.25) is 0 Å². The Morgan fingerprint density at radius 2 is 1.00 bits per heavy atom. The van der Waals surface area contributed by atoms with Gasteiger partial charge < -0.3 is 13.3 Å². The van der Waals surface area contributed by atoms with Crippen LogP contribution in [0.15, 0.2) is 244 Å². The van der Waals surface area contributed by atoms with E-state index in [1.54, 1.807) is 0 Å². The van der Waals surface area contributed by atoms with Crippen molar-refractivity contribution < 1.29 is 13.3 Å². The molecule has 14 aromatic rings. The summed E-state index contributed by atoms with van der Waals surface area (Å²) in [5, 5.41) is 6.38. The van der Waals surface area contributed by atoms with Crippen LogP contribution in [0.1, 0.15) is 47.7 Å². The van der Waals surface area contributed by atoms with Gasteiger partial charge in [0.15, 0.2) is 17.5 Å². The Labute approximate surface area is 449 Å². The Hall–Kier alpha value is -9.91. The molecule has 1 unspecified atom stereocenters. The van der Waals surface area contributed by atoms with Crippen LogP contribution in [0.4, 0.5) is 0 Å². The maximum atomic E-state index is 6.71. The first-order valence-corrected chi connectivity index (χ1v) is 27.0. The number of nitrogens with zero attached hydrogens (tertiary/aromatic N) is 3. The quantitative estimate of drug-likeness (QED) is 0.158. The van der Waals surface area contributed by atoms with Crippen LogP contribution < -0.4 is 0 Å². The first-order valence-electron chi connectivity index (χ1n) is 27.0. The summed E-state index contributed by atoms with van der Waals surface area (Å²) in [6, 6.07) is 75.8. The molecular formula is C72H47N3O3. The van der Waals surface area contributed by atoms with E-state index in [2.05, 4.69) is 200 Å². The first kappa shape index (κ1) is 44.4. The molecule has 78 heavy (non-hydrogen) atoms. The Bertz CT molecular complexity index is 4800. The van der Waals surface area contributed by atoms with Crippen molar-refractivity contribution in [2.75, 3.05) is 0 Å². The molecule has 0 bridgehead atoms. The Kier molecular flexibility index (Phi) is 10.2. The highest BCUT2D eigenvalue weighted by atomic mass is 16.3. The number of para-hydroxylation sites is 3. The van der Waals surface area contributed by atoms with Crippen LogP contribution in [-0.4, -0.2) is 15.0 Å². The molecule has 0 saturated carbocycles. The molecule has 4 heterocycles. The fourth-order valence-corrected chi connectivity index (χ4v) is 12.5. The van der Waals surface area contributed by atoms with E-state index in [9.17, 15) is 0 Å². The zero-order chi connectivity index (χ0) is 51.3. The first-order chi connectivity index (χ1) is 38.6. The van der Waals surface area contributed by atoms with E-state index in [-0.39, 0.29) is 5.92 Å². The van der Waals surface area contributed by atoms with Gasteiger partial charge in [-0.3, -0.25) is 0 Å². The van der Waals surface area contributed by atoms with Crippen LogP contribution in [-0.2, 0) is 6.42 Å². The third-order valence-electron chi connectivity index (χ3n) is 16.3. The van der Waals surface area contributed by atoms with Gasteiger partial charge in [0.05, 0.1) is 0 Å². The number of furan rings is 3. The second-order valence-electron chi connectivity index (χ2n) is 20.8. The van der Waals surface area contributed by atoms with E-state index in [4.69, 9.17) is 28.2 Å². The molecule has 1 atom stereocenters. The van der Waals surface area contributed by atoms with Crippen LogP contribution in [0.5, 0.6) is 0 Å². The Morgan fingerprint density at radius 3 is 1.85 bits per heavy atom. The molecular weight excluding hydrogens is 955 g/mol. The van der Waals surface area contributed by atoms with Crippen LogP contribution >= 0.6 is 0 Å². The van der Waals surface area contributed by atoms with E-state index in [1.165, 1.54) is 27.8 Å². The van der Waals surface area contributed by atoms with Crippen molar-refractivity contribution in [1.29, 1.82) is 0 Å². The molecule has 0 fully saturated rings. The van der Waals surface area contributed by atoms with Gasteiger partial charge in [-0.25, -0.2) is 15.0 Å². The number of hydrogen-bond acceptors (Lipinski definition) is 6. The molecule has 6 heteroatoms. The Morgan fingerprint density at radius 1 is 0.372 bits per heavy atom. The number of rotatable bonds is 7. The van der Waals surface area contributed by atoms with Crippen molar-refractivity contribution in [3.8, 4) is 67.3 Å². The van der Waals surface area contributed by atoms with E-state index in [0.29, 0.717) is 17.5 Å². The summed E-state index contributed by atoms with van der Waals surface area (Å²) < 4.78 is 19.8. The van der Waals surface area contributed by atoms with Gasteiger partial charge in [0.1, 0.15) is 33.5 Å². The number of aryl methyl sites for hydroxylation is 1. The molecule has 10 aromatic carbocycles. The molecule has 368 valence electrons. The van der Waals surface area contributed by atoms with Crippen molar-refractivity contribution in [3.05, 3.63) is 253 Å². The lowest BCUT2D eigenvalue weighted by atomic mass is 9.84. The van der Waals surface area contributed by atoms with E-state index < -0.39 is 0 Å². The summed E-state index contributed by atoms with van der Waals surface area (Å²) in [5.74, 6) is 2.05. The summed E-state index contributed by atoms with van der Waals surface area (Å²) in [6.07, 6.45) is 10.2. The molecule has 6 nitrogen and oxygen atoms in total. The highest BCUT2D eigenvalue weighted by molar-refractivity contribution is 6.14. The highest BCUT2D eigenvalue weighted by Crippen LogP contribution is 2.46. The molecule has 0 aliphatic heterocycles. The fourth-order valence-electron chi connectivity index (χ4n) is 12.5. The predicted molar refractivity (Wildman–Crippen MR) is 317 cm³/mol. The monoisotopic (exact) mass is 1000 g/mol. The molecule has 2 aliphatic rings. The second kappa shape index (κ2) is 17.9. The summed E-state index contributed by atoms with van der Waals surface area (Å²) in [5.41, 5.74) is 21.2. The summed E-state index contributed by atoms with van der Waals surface area (Å²) in [6.45, 7) is 0. The number of aromatic nitrogens is 3. The minimum Gasteiger partial charge on any atom is -0.456 e. The van der Waals surface area contributed by atoms with Gasteiger partial charge in [0.25, 0.3) is 0 Å². The average Bonchev–Trinajstić information content (AvgIpc) is 4.25. The number of fused-ring (bicyclic) bond motifs is 12. The van der Waals surface area contributed by atoms with Gasteiger partial charge in [-0.1, -0.05) is 188 Å². The van der Waals surface area contributed by atoms with Crippen molar-refractivity contribution in [2.24, 2.45) is 0 Å². The zero-order valence-electron chi connectivity index (χ0n) is 42.4. The van der Waals surface area contributed by atoms with E-state index in [1.807, 2.05) is 30.3 Å². The van der Waals surface area contributed by atoms with Gasteiger partial charge in [-0.2, -0.15) is 0 Å². The fraction of sp³-hybridized carbons (Fsp3) is 0.0694. The summed E-state index contributed by atoms with van der Waals surface area (Å²) >= 11 is 0. The van der Waals surface area contributed by atoms with Gasteiger partial charge in [-0.05, 0) is 124 Å². The van der Waals surface area contributed by atoms with Crippen LogP contribution in [0, 0.1) is 0 Å². The minimum absolute atomic E-state index is 0.212. The second-order valence-corrected chi connectivity index (χ2v) is 20.8. The normalized spacial score (nSPS) is 14.4. The summed E-state index contributed by atoms with van der Waals surface area (Å²) in [4.78, 5) is 15.8. The topological polar surface area (TPSA) is 78.1 Å². The molecule has 0 radical (unpaired) electrons. The van der Waals surface area contributed by atoms with Crippen molar-refractivity contribution >= 4 is 71.4 Å². The number of allylic oxidation sites excluding steroid dienone is 4. The molecule has 0 saturated heterocycles. The maximum absolute atomic E-state index is 6.71. The van der Waals surface area contributed by atoms with Crippen molar-refractivity contribution in [3.63, 3.8) is 0 Å². The number of benzene rings is 10. The van der Waals surface area contributed by atoms with Crippen molar-refractivity contribution in [2.45, 2.75) is 31.6 Å². The molecule has 16 rings (SSSR count). The number of hydrogen-bond donors (Lipinski definition) is 0. The minimum atomic E-state index is 0.212. The molecule has 4 aromatic heterocycles. The predicted octanol–water partition coefficient (Wildman–Crippen LogP) is 19.4.